The number of carboxylic acids is 1. The summed E-state index contributed by atoms with van der Waals surface area (Å²) in [5.41, 5.74) is 0.442. The fraction of sp³-hybridized carbons (Fsp3) is 0.250. The molecule has 0 saturated carbocycles. The van der Waals surface area contributed by atoms with Gasteiger partial charge < -0.3 is 24.3 Å². The van der Waals surface area contributed by atoms with Gasteiger partial charge >= 0.3 is 5.97 Å². The first-order valence-corrected chi connectivity index (χ1v) is 6.95. The number of carboxylic acid groups (broad SMARTS) is 1. The van der Waals surface area contributed by atoms with Crippen LogP contribution in [0, 0.1) is 0 Å². The van der Waals surface area contributed by atoms with E-state index >= 15 is 0 Å². The monoisotopic (exact) mass is 319 g/mol. The van der Waals surface area contributed by atoms with E-state index in [1.54, 1.807) is 31.4 Å². The van der Waals surface area contributed by atoms with Crippen LogP contribution in [-0.2, 0) is 4.74 Å². The number of carbonyl (C=O) groups excluding carboxylic acids is 1. The van der Waals surface area contributed by atoms with Gasteiger partial charge in [-0.3, -0.25) is 4.79 Å². The molecule has 23 heavy (non-hydrogen) atoms. The number of rotatable bonds is 8. The van der Waals surface area contributed by atoms with Gasteiger partial charge in [0.05, 0.1) is 12.2 Å². The molecular weight excluding hydrogens is 302 g/mol. The number of aromatic carboxylic acids is 1. The summed E-state index contributed by atoms with van der Waals surface area (Å²) in [5.74, 6) is -1.15. The lowest BCUT2D eigenvalue weighted by molar-refractivity contribution is 0.0696. The van der Waals surface area contributed by atoms with Crippen LogP contribution in [-0.4, -0.2) is 37.3 Å². The van der Waals surface area contributed by atoms with E-state index in [0.29, 0.717) is 24.7 Å². The van der Waals surface area contributed by atoms with Crippen molar-refractivity contribution in [1.82, 2.24) is 0 Å². The molecule has 7 nitrogen and oxygen atoms in total. The molecule has 0 aliphatic carbocycles. The molecular formula is C16H17NO6. The molecule has 0 fully saturated rings. The number of nitrogens with one attached hydrogen (secondary N) is 1. The van der Waals surface area contributed by atoms with E-state index in [-0.39, 0.29) is 11.3 Å². The number of methoxy groups -OCH3 is 1. The van der Waals surface area contributed by atoms with Crippen molar-refractivity contribution in [3.05, 3.63) is 47.9 Å². The van der Waals surface area contributed by atoms with Crippen molar-refractivity contribution < 1.29 is 28.6 Å². The summed E-state index contributed by atoms with van der Waals surface area (Å²) < 4.78 is 15.4. The van der Waals surface area contributed by atoms with Crippen molar-refractivity contribution in [2.45, 2.75) is 6.42 Å². The smallest absolute Gasteiger partial charge is 0.338 e. The van der Waals surface area contributed by atoms with E-state index in [1.807, 2.05) is 0 Å². The van der Waals surface area contributed by atoms with E-state index < -0.39 is 11.9 Å². The first-order valence-electron chi connectivity index (χ1n) is 6.95. The molecule has 0 radical (unpaired) electrons. The number of ether oxygens (including phenoxy) is 2. The maximum Gasteiger partial charge on any atom is 0.338 e. The Balaban J connectivity index is 1.96. The fourth-order valence-corrected chi connectivity index (χ4v) is 1.82. The highest BCUT2D eigenvalue weighted by Crippen LogP contribution is 2.19. The van der Waals surface area contributed by atoms with E-state index in [9.17, 15) is 9.59 Å². The Morgan fingerprint density at radius 1 is 1.26 bits per heavy atom. The van der Waals surface area contributed by atoms with Crippen LogP contribution in [0.25, 0.3) is 0 Å². The Morgan fingerprint density at radius 3 is 2.78 bits per heavy atom. The highest BCUT2D eigenvalue weighted by atomic mass is 16.5. The number of furan rings is 1. The highest BCUT2D eigenvalue weighted by molar-refractivity contribution is 6.03. The molecule has 2 rings (SSSR count). The van der Waals surface area contributed by atoms with Crippen LogP contribution in [0.5, 0.6) is 5.75 Å². The highest BCUT2D eigenvalue weighted by Gasteiger charge is 2.14. The molecule has 1 aromatic heterocycles. The second-order valence-electron chi connectivity index (χ2n) is 4.68. The summed E-state index contributed by atoms with van der Waals surface area (Å²) in [4.78, 5) is 22.8. The van der Waals surface area contributed by atoms with E-state index in [4.69, 9.17) is 19.0 Å². The van der Waals surface area contributed by atoms with Gasteiger partial charge in [-0.15, -0.1) is 0 Å². The minimum Gasteiger partial charge on any atom is -0.493 e. The molecule has 122 valence electrons. The van der Waals surface area contributed by atoms with E-state index in [0.717, 1.165) is 12.7 Å². The molecule has 1 aromatic carbocycles. The van der Waals surface area contributed by atoms with Crippen LogP contribution in [0.1, 0.15) is 27.3 Å². The lowest BCUT2D eigenvalue weighted by Gasteiger charge is -2.08. The number of hydrogen-bond donors (Lipinski definition) is 2. The van der Waals surface area contributed by atoms with Gasteiger partial charge in [0.1, 0.15) is 12.0 Å². The Morgan fingerprint density at radius 2 is 2.09 bits per heavy atom. The summed E-state index contributed by atoms with van der Waals surface area (Å²) in [6.45, 7) is 1.12. The Labute approximate surface area is 132 Å². The van der Waals surface area contributed by atoms with Crippen molar-refractivity contribution in [3.8, 4) is 5.75 Å². The largest absolute Gasteiger partial charge is 0.493 e. The van der Waals surface area contributed by atoms with Gasteiger partial charge in [-0.25, -0.2) is 4.79 Å². The van der Waals surface area contributed by atoms with Gasteiger partial charge in [0.15, 0.2) is 5.76 Å². The third-order valence-corrected chi connectivity index (χ3v) is 2.92. The number of hydrogen-bond acceptors (Lipinski definition) is 5. The molecule has 1 amide bonds. The van der Waals surface area contributed by atoms with Crippen molar-refractivity contribution >= 4 is 17.6 Å². The molecule has 0 spiro atoms. The van der Waals surface area contributed by atoms with Gasteiger partial charge in [-0.05, 0) is 12.1 Å². The molecule has 2 N–H and O–H groups in total. The molecule has 7 heteroatoms. The topological polar surface area (TPSA) is 98.0 Å². The zero-order chi connectivity index (χ0) is 16.7. The van der Waals surface area contributed by atoms with Crippen molar-refractivity contribution in [2.24, 2.45) is 0 Å². The second kappa shape index (κ2) is 8.00. The average molecular weight is 319 g/mol. The normalized spacial score (nSPS) is 10.3. The molecule has 0 bridgehead atoms. The predicted octanol–water partition coefficient (Wildman–Crippen LogP) is 2.65. The summed E-state index contributed by atoms with van der Waals surface area (Å²) in [5, 5.41) is 11.4. The van der Waals surface area contributed by atoms with Gasteiger partial charge in [-0.2, -0.15) is 0 Å². The molecule has 0 aliphatic heterocycles. The first-order chi connectivity index (χ1) is 11.1. The average Bonchev–Trinajstić information content (AvgIpc) is 3.02. The van der Waals surface area contributed by atoms with Crippen LogP contribution in [0.4, 0.5) is 5.69 Å². The second-order valence-corrected chi connectivity index (χ2v) is 4.68. The molecule has 2 aromatic rings. The molecule has 0 atom stereocenters. The quantitative estimate of drug-likeness (QED) is 0.726. The number of anilines is 1. The third-order valence-electron chi connectivity index (χ3n) is 2.92. The SMILES string of the molecule is COCCCOc1cccc(NC(=O)c2cc(C(=O)O)co2)c1. The van der Waals surface area contributed by atoms with Gasteiger partial charge in [0.2, 0.25) is 0 Å². The number of carbonyl (C=O) groups is 2. The van der Waals surface area contributed by atoms with Crippen LogP contribution in [0.2, 0.25) is 0 Å². The fourth-order valence-electron chi connectivity index (χ4n) is 1.82. The van der Waals surface area contributed by atoms with Crippen molar-refractivity contribution in [3.63, 3.8) is 0 Å². The standard InChI is InChI=1S/C16H17NO6/c1-21-6-3-7-22-13-5-2-4-12(9-13)17-15(18)14-8-11(10-23-14)16(19)20/h2,4-5,8-10H,3,6-7H2,1H3,(H,17,18)(H,19,20). The summed E-state index contributed by atoms with van der Waals surface area (Å²) in [6, 6.07) is 8.06. The van der Waals surface area contributed by atoms with Crippen LogP contribution < -0.4 is 10.1 Å². The third kappa shape index (κ3) is 4.86. The Kier molecular flexibility index (Phi) is 5.76. The van der Waals surface area contributed by atoms with Gasteiger partial charge in [0.25, 0.3) is 5.91 Å². The maximum absolute atomic E-state index is 12.0. The number of benzene rings is 1. The van der Waals surface area contributed by atoms with Crippen molar-refractivity contribution in [2.75, 3.05) is 25.6 Å². The van der Waals surface area contributed by atoms with E-state index in [2.05, 4.69) is 5.32 Å². The molecule has 1 heterocycles. The van der Waals surface area contributed by atoms with Crippen LogP contribution in [0.15, 0.2) is 41.0 Å². The summed E-state index contributed by atoms with van der Waals surface area (Å²) >= 11 is 0. The van der Waals surface area contributed by atoms with Gasteiger partial charge in [0, 0.05) is 38.0 Å². The minimum atomic E-state index is -1.15. The van der Waals surface area contributed by atoms with Gasteiger partial charge in [-0.1, -0.05) is 6.07 Å². The molecule has 0 saturated heterocycles. The lowest BCUT2D eigenvalue weighted by atomic mass is 10.2. The Hall–Kier alpha value is -2.80. The minimum absolute atomic E-state index is 0.0752. The molecule has 0 unspecified atom stereocenters. The summed E-state index contributed by atoms with van der Waals surface area (Å²) in [7, 11) is 1.63. The van der Waals surface area contributed by atoms with Crippen LogP contribution in [0.3, 0.4) is 0 Å². The first kappa shape index (κ1) is 16.6. The zero-order valence-electron chi connectivity index (χ0n) is 12.6. The lowest BCUT2D eigenvalue weighted by Crippen LogP contribution is -2.11. The van der Waals surface area contributed by atoms with E-state index in [1.165, 1.54) is 6.07 Å². The van der Waals surface area contributed by atoms with Crippen LogP contribution >= 0.6 is 0 Å². The molecule has 0 aliphatic rings. The zero-order valence-corrected chi connectivity index (χ0v) is 12.6. The maximum atomic E-state index is 12.0. The summed E-state index contributed by atoms with van der Waals surface area (Å²) in [6.07, 6.45) is 1.78. The Bertz CT molecular complexity index is 679. The number of amides is 1. The van der Waals surface area contributed by atoms with Crippen molar-refractivity contribution in [1.29, 1.82) is 0 Å². The predicted molar refractivity (Wildman–Crippen MR) is 82.1 cm³/mol.